The van der Waals surface area contributed by atoms with Gasteiger partial charge >= 0.3 is 0 Å². The third-order valence-corrected chi connectivity index (χ3v) is 6.57. The smallest absolute Gasteiger partial charge is 0.236 e. The molecule has 1 saturated heterocycles. The Morgan fingerprint density at radius 1 is 1.46 bits per heavy atom. The summed E-state index contributed by atoms with van der Waals surface area (Å²) in [6, 6.07) is 4.19. The van der Waals surface area contributed by atoms with E-state index in [0.29, 0.717) is 26.3 Å². The first-order valence-corrected chi connectivity index (χ1v) is 10.4. The summed E-state index contributed by atoms with van der Waals surface area (Å²) in [5.41, 5.74) is 0. The van der Waals surface area contributed by atoms with Crippen LogP contribution < -0.4 is 5.32 Å². The maximum atomic E-state index is 12.4. The van der Waals surface area contributed by atoms with Crippen LogP contribution in [-0.2, 0) is 16.0 Å². The van der Waals surface area contributed by atoms with Crippen LogP contribution in [0.15, 0.2) is 21.9 Å². The van der Waals surface area contributed by atoms with E-state index in [-0.39, 0.29) is 11.2 Å². The molecule has 0 saturated carbocycles. The Labute approximate surface area is 153 Å². The van der Waals surface area contributed by atoms with Crippen LogP contribution >= 0.6 is 34.4 Å². The van der Waals surface area contributed by atoms with Crippen LogP contribution in [0.2, 0.25) is 0 Å². The number of ether oxygens (including phenoxy) is 1. The van der Waals surface area contributed by atoms with E-state index in [0.717, 1.165) is 22.4 Å². The number of amides is 1. The molecule has 2 aromatic rings. The van der Waals surface area contributed by atoms with Crippen molar-refractivity contribution in [1.82, 2.24) is 15.1 Å². The highest BCUT2D eigenvalue weighted by Gasteiger charge is 2.24. The van der Waals surface area contributed by atoms with Gasteiger partial charge in [0.05, 0.1) is 18.5 Å². The van der Waals surface area contributed by atoms with Gasteiger partial charge in [0.25, 0.3) is 0 Å². The lowest BCUT2D eigenvalue weighted by Gasteiger charge is -2.28. The third-order valence-electron chi connectivity index (χ3n) is 3.58. The molecule has 0 aromatic carbocycles. The van der Waals surface area contributed by atoms with Gasteiger partial charge in [-0.25, -0.2) is 0 Å². The second-order valence-electron chi connectivity index (χ2n) is 5.33. The molecule has 1 atom stereocenters. The maximum Gasteiger partial charge on any atom is 0.236 e. The minimum atomic E-state index is -0.157. The molecule has 9 heteroatoms. The van der Waals surface area contributed by atoms with Gasteiger partial charge in [-0.1, -0.05) is 29.2 Å². The Hall–Kier alpha value is -1.16. The van der Waals surface area contributed by atoms with E-state index >= 15 is 0 Å². The van der Waals surface area contributed by atoms with Crippen molar-refractivity contribution in [3.8, 4) is 0 Å². The normalized spacial score (nSPS) is 16.1. The van der Waals surface area contributed by atoms with E-state index in [9.17, 15) is 4.79 Å². The van der Waals surface area contributed by atoms with E-state index in [1.54, 1.807) is 11.3 Å². The van der Waals surface area contributed by atoms with Crippen LogP contribution in [0.1, 0.15) is 11.8 Å². The Kier molecular flexibility index (Phi) is 6.47. The Balaban J connectivity index is 1.45. The number of morpholine rings is 1. The molecular formula is C15H20N4O2S3. The summed E-state index contributed by atoms with van der Waals surface area (Å²) >= 11 is 4.73. The third kappa shape index (κ3) is 4.92. The number of thiophene rings is 1. The topological polar surface area (TPSA) is 67.4 Å². The summed E-state index contributed by atoms with van der Waals surface area (Å²) in [5.74, 6) is 0.144. The van der Waals surface area contributed by atoms with Gasteiger partial charge in [0.1, 0.15) is 0 Å². The number of carbonyl (C=O) groups is 1. The Bertz CT molecular complexity index is 641. The summed E-state index contributed by atoms with van der Waals surface area (Å²) < 4.78 is 6.11. The van der Waals surface area contributed by atoms with Crippen molar-refractivity contribution in [2.75, 3.05) is 38.2 Å². The zero-order valence-corrected chi connectivity index (χ0v) is 15.9. The summed E-state index contributed by atoms with van der Waals surface area (Å²) in [6.45, 7) is 5.36. The predicted molar refractivity (Wildman–Crippen MR) is 99.1 cm³/mol. The highest BCUT2D eigenvalue weighted by Crippen LogP contribution is 2.29. The van der Waals surface area contributed by atoms with Gasteiger partial charge in [0, 0.05) is 24.5 Å². The molecule has 1 amide bonds. The summed E-state index contributed by atoms with van der Waals surface area (Å²) in [5, 5.41) is 14.4. The van der Waals surface area contributed by atoms with Crippen LogP contribution in [0, 0.1) is 0 Å². The van der Waals surface area contributed by atoms with Crippen molar-refractivity contribution < 1.29 is 9.53 Å². The summed E-state index contributed by atoms with van der Waals surface area (Å²) in [7, 11) is 0. The Morgan fingerprint density at radius 3 is 3.04 bits per heavy atom. The lowest BCUT2D eigenvalue weighted by molar-refractivity contribution is -0.134. The second-order valence-corrected chi connectivity index (χ2v) is 8.92. The van der Waals surface area contributed by atoms with Crippen molar-refractivity contribution in [3.05, 3.63) is 22.4 Å². The molecule has 0 bridgehead atoms. The zero-order chi connectivity index (χ0) is 16.8. The minimum Gasteiger partial charge on any atom is -0.378 e. The zero-order valence-electron chi connectivity index (χ0n) is 13.4. The largest absolute Gasteiger partial charge is 0.378 e. The maximum absolute atomic E-state index is 12.4. The standard InChI is InChI=1S/C15H20N4O2S3/c1-11(13(20)19-6-8-21-9-7-19)23-15-18-17-14(24-15)16-5-4-12-3-2-10-22-12/h2-3,10-11H,4-9H2,1H3,(H,16,17). The fraction of sp³-hybridized carbons (Fsp3) is 0.533. The SMILES string of the molecule is CC(Sc1nnc(NCCc2cccs2)s1)C(=O)N1CCOCC1. The molecule has 6 nitrogen and oxygen atoms in total. The van der Waals surface area contributed by atoms with Crippen LogP contribution in [0.4, 0.5) is 5.13 Å². The molecule has 2 aromatic heterocycles. The molecule has 1 N–H and O–H groups in total. The fourth-order valence-corrected chi connectivity index (χ4v) is 5.03. The average molecular weight is 385 g/mol. The number of thioether (sulfide) groups is 1. The van der Waals surface area contributed by atoms with Gasteiger partial charge in [-0.15, -0.1) is 21.5 Å². The van der Waals surface area contributed by atoms with Crippen LogP contribution in [-0.4, -0.2) is 59.1 Å². The van der Waals surface area contributed by atoms with Crippen LogP contribution in [0.25, 0.3) is 0 Å². The average Bonchev–Trinajstić information content (AvgIpc) is 3.27. The number of aromatic nitrogens is 2. The quantitative estimate of drug-likeness (QED) is 0.740. The summed E-state index contributed by atoms with van der Waals surface area (Å²) in [4.78, 5) is 15.6. The van der Waals surface area contributed by atoms with Gasteiger partial charge < -0.3 is 15.0 Å². The highest BCUT2D eigenvalue weighted by molar-refractivity contribution is 8.02. The monoisotopic (exact) mass is 384 g/mol. The van der Waals surface area contributed by atoms with E-state index in [1.165, 1.54) is 28.0 Å². The number of nitrogens with zero attached hydrogens (tertiary/aromatic N) is 3. The molecule has 1 unspecified atom stereocenters. The van der Waals surface area contributed by atoms with Gasteiger partial charge in [-0.05, 0) is 24.8 Å². The Morgan fingerprint density at radius 2 is 2.29 bits per heavy atom. The van der Waals surface area contributed by atoms with Gasteiger partial charge in [-0.2, -0.15) is 0 Å². The van der Waals surface area contributed by atoms with Crippen molar-refractivity contribution >= 4 is 45.5 Å². The van der Waals surface area contributed by atoms with Crippen LogP contribution in [0.3, 0.4) is 0 Å². The van der Waals surface area contributed by atoms with E-state index in [4.69, 9.17) is 4.74 Å². The number of hydrogen-bond acceptors (Lipinski definition) is 8. The van der Waals surface area contributed by atoms with Crippen molar-refractivity contribution in [2.24, 2.45) is 0 Å². The lowest BCUT2D eigenvalue weighted by Crippen LogP contribution is -2.44. The summed E-state index contributed by atoms with van der Waals surface area (Å²) in [6.07, 6.45) is 0.978. The molecule has 1 aliphatic heterocycles. The van der Waals surface area contributed by atoms with Crippen molar-refractivity contribution in [2.45, 2.75) is 22.9 Å². The second kappa shape index (κ2) is 8.80. The highest BCUT2D eigenvalue weighted by atomic mass is 32.2. The van der Waals surface area contributed by atoms with E-state index in [1.807, 2.05) is 11.8 Å². The molecule has 130 valence electrons. The molecule has 1 fully saturated rings. The first kappa shape index (κ1) is 17.7. The molecular weight excluding hydrogens is 364 g/mol. The fourth-order valence-electron chi connectivity index (χ4n) is 2.32. The number of anilines is 1. The molecule has 0 aliphatic carbocycles. The number of rotatable bonds is 7. The first-order chi connectivity index (χ1) is 11.7. The molecule has 0 spiro atoms. The molecule has 3 heterocycles. The van der Waals surface area contributed by atoms with E-state index in [2.05, 4.69) is 33.0 Å². The molecule has 3 rings (SSSR count). The number of nitrogens with one attached hydrogen (secondary N) is 1. The van der Waals surface area contributed by atoms with Crippen molar-refractivity contribution in [3.63, 3.8) is 0 Å². The number of hydrogen-bond donors (Lipinski definition) is 1. The van der Waals surface area contributed by atoms with Crippen molar-refractivity contribution in [1.29, 1.82) is 0 Å². The first-order valence-electron chi connectivity index (χ1n) is 7.85. The van der Waals surface area contributed by atoms with Gasteiger partial charge in [-0.3, -0.25) is 4.79 Å². The number of carbonyl (C=O) groups excluding carboxylic acids is 1. The molecule has 0 radical (unpaired) electrons. The lowest BCUT2D eigenvalue weighted by atomic mass is 10.3. The van der Waals surface area contributed by atoms with Gasteiger partial charge in [0.15, 0.2) is 4.34 Å². The van der Waals surface area contributed by atoms with Gasteiger partial charge in [0.2, 0.25) is 11.0 Å². The minimum absolute atomic E-state index is 0.144. The molecule has 1 aliphatic rings. The van der Waals surface area contributed by atoms with Crippen LogP contribution in [0.5, 0.6) is 0 Å². The predicted octanol–water partition coefficient (Wildman–Crippen LogP) is 2.59. The van der Waals surface area contributed by atoms with E-state index < -0.39 is 0 Å². The molecule has 24 heavy (non-hydrogen) atoms.